The first-order chi connectivity index (χ1) is 16.8. The molecule has 3 aromatic carbocycles. The summed E-state index contributed by atoms with van der Waals surface area (Å²) < 4.78 is 15.2. The molecule has 0 aliphatic carbocycles. The number of hydrogen-bond donors (Lipinski definition) is 2. The summed E-state index contributed by atoms with van der Waals surface area (Å²) in [5.41, 5.74) is 3.34. The van der Waals surface area contributed by atoms with E-state index in [2.05, 4.69) is 39.9 Å². The zero-order valence-electron chi connectivity index (χ0n) is 18.4. The van der Waals surface area contributed by atoms with Gasteiger partial charge in [0.2, 0.25) is 0 Å². The molecule has 35 heavy (non-hydrogen) atoms. The van der Waals surface area contributed by atoms with Crippen molar-refractivity contribution < 1.29 is 9.18 Å². The van der Waals surface area contributed by atoms with E-state index in [1.165, 1.54) is 41.1 Å². The van der Waals surface area contributed by atoms with Crippen molar-refractivity contribution in [2.24, 2.45) is 0 Å². The van der Waals surface area contributed by atoms with E-state index >= 15 is 0 Å². The van der Waals surface area contributed by atoms with E-state index in [9.17, 15) is 9.18 Å². The third-order valence-corrected chi connectivity index (χ3v) is 6.86. The standard InChI is InChI=1S/C24H19Cl3FN5OS/c1-14-4-2-3-5-15(14)13-35-24-32-31-22(33(24)21-9-6-16(25)10-19(21)27)12-29-23(34)30-17-7-8-20(28)18(26)11-17/h2-11H,12-13H2,1H3,(H2,29,30,34). The Bertz CT molecular complexity index is 1380. The fraction of sp³-hybridized carbons (Fsp3) is 0.125. The number of aryl methyl sites for hydroxylation is 1. The molecule has 0 radical (unpaired) electrons. The first-order valence-corrected chi connectivity index (χ1v) is 12.5. The van der Waals surface area contributed by atoms with Crippen molar-refractivity contribution in [3.05, 3.63) is 98.5 Å². The fourth-order valence-electron chi connectivity index (χ4n) is 3.24. The second kappa shape index (κ2) is 11.3. The van der Waals surface area contributed by atoms with Crippen LogP contribution in [0.15, 0.2) is 65.8 Å². The number of aromatic nitrogens is 3. The largest absolute Gasteiger partial charge is 0.331 e. The van der Waals surface area contributed by atoms with Gasteiger partial charge in [-0.1, -0.05) is 70.8 Å². The lowest BCUT2D eigenvalue weighted by Crippen LogP contribution is -2.29. The van der Waals surface area contributed by atoms with Crippen LogP contribution in [0.2, 0.25) is 15.1 Å². The van der Waals surface area contributed by atoms with Crippen LogP contribution in [0.3, 0.4) is 0 Å². The van der Waals surface area contributed by atoms with Gasteiger partial charge in [0.15, 0.2) is 11.0 Å². The molecule has 0 saturated heterocycles. The number of benzene rings is 3. The van der Waals surface area contributed by atoms with E-state index in [4.69, 9.17) is 34.8 Å². The number of carbonyl (C=O) groups excluding carboxylic acids is 1. The van der Waals surface area contributed by atoms with Gasteiger partial charge in [-0.2, -0.15) is 0 Å². The average Bonchev–Trinajstić information content (AvgIpc) is 3.22. The molecule has 11 heteroatoms. The van der Waals surface area contributed by atoms with Crippen LogP contribution in [0.5, 0.6) is 0 Å². The number of nitrogens with one attached hydrogen (secondary N) is 2. The van der Waals surface area contributed by atoms with E-state index in [1.54, 1.807) is 22.8 Å². The molecule has 6 nitrogen and oxygen atoms in total. The first kappa shape index (κ1) is 25.3. The van der Waals surface area contributed by atoms with Crippen LogP contribution in [0.1, 0.15) is 17.0 Å². The number of thioether (sulfide) groups is 1. The highest BCUT2D eigenvalue weighted by Crippen LogP contribution is 2.31. The predicted octanol–water partition coefficient (Wildman–Crippen LogP) is 7.29. The van der Waals surface area contributed by atoms with Crippen molar-refractivity contribution >= 4 is 58.3 Å². The Morgan fingerprint density at radius 1 is 1.03 bits per heavy atom. The Hall–Kier alpha value is -2.78. The number of hydrogen-bond acceptors (Lipinski definition) is 4. The first-order valence-electron chi connectivity index (χ1n) is 10.4. The summed E-state index contributed by atoms with van der Waals surface area (Å²) in [6, 6.07) is 16.6. The molecule has 0 atom stereocenters. The lowest BCUT2D eigenvalue weighted by Gasteiger charge is -2.13. The van der Waals surface area contributed by atoms with Crippen LogP contribution < -0.4 is 10.6 Å². The maximum Gasteiger partial charge on any atom is 0.319 e. The molecule has 4 rings (SSSR count). The third kappa shape index (κ3) is 6.27. The summed E-state index contributed by atoms with van der Waals surface area (Å²) in [5.74, 6) is 0.574. The second-order valence-corrected chi connectivity index (χ2v) is 9.68. The zero-order valence-corrected chi connectivity index (χ0v) is 21.4. The minimum atomic E-state index is -0.568. The molecule has 0 bridgehead atoms. The van der Waals surface area contributed by atoms with E-state index < -0.39 is 11.8 Å². The molecule has 0 unspecified atom stereocenters. The molecule has 0 spiro atoms. The van der Waals surface area contributed by atoms with Crippen molar-refractivity contribution in [3.63, 3.8) is 0 Å². The van der Waals surface area contributed by atoms with Gasteiger partial charge in [-0.25, -0.2) is 9.18 Å². The van der Waals surface area contributed by atoms with Crippen molar-refractivity contribution in [1.29, 1.82) is 0 Å². The minimum absolute atomic E-state index is 0.0532. The Morgan fingerprint density at radius 2 is 1.83 bits per heavy atom. The van der Waals surface area contributed by atoms with Crippen molar-refractivity contribution in [2.75, 3.05) is 5.32 Å². The fourth-order valence-corrected chi connectivity index (χ4v) is 4.95. The maximum absolute atomic E-state index is 13.4. The van der Waals surface area contributed by atoms with Gasteiger partial charge in [-0.15, -0.1) is 10.2 Å². The topological polar surface area (TPSA) is 71.8 Å². The van der Waals surface area contributed by atoms with Crippen LogP contribution in [0, 0.1) is 12.7 Å². The van der Waals surface area contributed by atoms with Crippen LogP contribution in [0.25, 0.3) is 5.69 Å². The summed E-state index contributed by atoms with van der Waals surface area (Å²) >= 11 is 19.9. The Balaban J connectivity index is 1.55. The van der Waals surface area contributed by atoms with Gasteiger partial charge in [-0.05, 0) is 54.4 Å². The number of halogens is 4. The Kier molecular flexibility index (Phi) is 8.18. The number of carbonyl (C=O) groups is 1. The van der Waals surface area contributed by atoms with Gasteiger partial charge >= 0.3 is 6.03 Å². The van der Waals surface area contributed by atoms with Gasteiger partial charge in [-0.3, -0.25) is 4.57 Å². The Morgan fingerprint density at radius 3 is 2.57 bits per heavy atom. The van der Waals surface area contributed by atoms with Gasteiger partial charge in [0.25, 0.3) is 0 Å². The lowest BCUT2D eigenvalue weighted by molar-refractivity contribution is 0.251. The van der Waals surface area contributed by atoms with Gasteiger partial charge in [0.1, 0.15) is 5.82 Å². The predicted molar refractivity (Wildman–Crippen MR) is 139 cm³/mol. The summed E-state index contributed by atoms with van der Waals surface area (Å²) in [4.78, 5) is 12.4. The summed E-state index contributed by atoms with van der Waals surface area (Å²) in [6.45, 7) is 2.11. The summed E-state index contributed by atoms with van der Waals surface area (Å²) in [6.07, 6.45) is 0. The van der Waals surface area contributed by atoms with Gasteiger partial charge < -0.3 is 10.6 Å². The lowest BCUT2D eigenvalue weighted by atomic mass is 10.1. The molecule has 0 saturated carbocycles. The van der Waals surface area contributed by atoms with Gasteiger partial charge in [0.05, 0.1) is 22.3 Å². The molecule has 1 aromatic heterocycles. The SMILES string of the molecule is Cc1ccccc1CSc1nnc(CNC(=O)Nc2ccc(F)c(Cl)c2)n1-c1ccc(Cl)cc1Cl. The highest BCUT2D eigenvalue weighted by molar-refractivity contribution is 7.98. The smallest absolute Gasteiger partial charge is 0.319 e. The van der Waals surface area contributed by atoms with Crippen molar-refractivity contribution in [2.45, 2.75) is 24.4 Å². The molecule has 0 aliphatic heterocycles. The quantitative estimate of drug-likeness (QED) is 0.237. The molecule has 4 aromatic rings. The maximum atomic E-state index is 13.4. The summed E-state index contributed by atoms with van der Waals surface area (Å²) in [5, 5.41) is 15.4. The van der Waals surface area contributed by atoms with Gasteiger partial charge in [0, 0.05) is 16.5 Å². The number of rotatable bonds is 7. The van der Waals surface area contributed by atoms with E-state index in [1.807, 2.05) is 12.1 Å². The van der Waals surface area contributed by atoms with Crippen LogP contribution >= 0.6 is 46.6 Å². The normalized spacial score (nSPS) is 10.9. The number of amides is 2. The second-order valence-electron chi connectivity index (χ2n) is 7.48. The molecule has 0 aliphatic rings. The van der Waals surface area contributed by atoms with Crippen LogP contribution in [0.4, 0.5) is 14.9 Å². The summed E-state index contributed by atoms with van der Waals surface area (Å²) in [7, 11) is 0. The number of nitrogens with zero attached hydrogens (tertiary/aromatic N) is 3. The molecule has 180 valence electrons. The van der Waals surface area contributed by atoms with E-state index in [-0.39, 0.29) is 11.6 Å². The van der Waals surface area contributed by atoms with Crippen LogP contribution in [-0.4, -0.2) is 20.8 Å². The highest BCUT2D eigenvalue weighted by Gasteiger charge is 2.18. The Labute approximate surface area is 220 Å². The zero-order chi connectivity index (χ0) is 24.9. The molecular formula is C24H19Cl3FN5OS. The number of urea groups is 1. The molecule has 2 N–H and O–H groups in total. The number of anilines is 1. The molecule has 0 fully saturated rings. The molecular weight excluding hydrogens is 532 g/mol. The minimum Gasteiger partial charge on any atom is -0.331 e. The third-order valence-electron chi connectivity index (χ3n) is 5.05. The van der Waals surface area contributed by atoms with Crippen LogP contribution in [-0.2, 0) is 12.3 Å². The highest BCUT2D eigenvalue weighted by atomic mass is 35.5. The van der Waals surface area contributed by atoms with E-state index in [0.717, 1.165) is 0 Å². The van der Waals surface area contributed by atoms with Crippen molar-refractivity contribution in [3.8, 4) is 5.69 Å². The van der Waals surface area contributed by atoms with E-state index in [0.29, 0.717) is 38.2 Å². The van der Waals surface area contributed by atoms with Crippen molar-refractivity contribution in [1.82, 2.24) is 20.1 Å². The molecule has 1 heterocycles. The monoisotopic (exact) mass is 549 g/mol. The average molecular weight is 551 g/mol. The molecule has 2 amide bonds.